The minimum absolute atomic E-state index is 0.0936. The molecule has 0 radical (unpaired) electrons. The number of halogens is 2. The molecule has 194 valence electrons. The summed E-state index contributed by atoms with van der Waals surface area (Å²) in [5.74, 6) is -3.15. The van der Waals surface area contributed by atoms with Gasteiger partial charge in [-0.1, -0.05) is 54.6 Å². The number of nitrogens with one attached hydrogen (secondary N) is 1. The second kappa shape index (κ2) is 11.6. The highest BCUT2D eigenvalue weighted by molar-refractivity contribution is 7.09. The van der Waals surface area contributed by atoms with Crippen molar-refractivity contribution in [2.45, 2.75) is 19.1 Å². The number of hydrogen-bond donors (Lipinski definition) is 3. The maximum absolute atomic E-state index is 13.9. The molecule has 1 heterocycles. The van der Waals surface area contributed by atoms with E-state index >= 15 is 0 Å². The summed E-state index contributed by atoms with van der Waals surface area (Å²) < 4.78 is 31.3. The number of hydrogen-bond acceptors (Lipinski definition) is 6. The quantitative estimate of drug-likeness (QED) is 0.300. The molecule has 0 aliphatic rings. The monoisotopic (exact) mass is 535 g/mol. The minimum Gasteiger partial charge on any atom is -0.395 e. The number of anilines is 1. The van der Waals surface area contributed by atoms with Crippen molar-refractivity contribution in [2.24, 2.45) is 5.73 Å². The number of rotatable bonds is 9. The summed E-state index contributed by atoms with van der Waals surface area (Å²) in [5.41, 5.74) is 12.5. The van der Waals surface area contributed by atoms with Crippen molar-refractivity contribution in [2.75, 3.05) is 5.73 Å². The Balaban J connectivity index is 1.77. The molecule has 11 heteroatoms. The van der Waals surface area contributed by atoms with Crippen LogP contribution < -0.4 is 16.8 Å². The Morgan fingerprint density at radius 3 is 2.08 bits per heavy atom. The predicted molar refractivity (Wildman–Crippen MR) is 139 cm³/mol. The van der Waals surface area contributed by atoms with Crippen LogP contribution in [0.25, 0.3) is 0 Å². The van der Waals surface area contributed by atoms with E-state index in [1.807, 2.05) is 30.3 Å². The zero-order chi connectivity index (χ0) is 27.2. The normalized spacial score (nSPS) is 11.5. The Morgan fingerprint density at radius 2 is 1.50 bits per heavy atom. The van der Waals surface area contributed by atoms with Gasteiger partial charge in [-0.3, -0.25) is 14.4 Å². The molecule has 3 amide bonds. The summed E-state index contributed by atoms with van der Waals surface area (Å²) >= 11 is 0.672. The van der Waals surface area contributed by atoms with Gasteiger partial charge in [0.25, 0.3) is 11.8 Å². The Morgan fingerprint density at radius 1 is 0.895 bits per heavy atom. The van der Waals surface area contributed by atoms with Crippen molar-refractivity contribution in [1.82, 2.24) is 14.6 Å². The number of nitrogen functional groups attached to an aromatic ring is 1. The highest BCUT2D eigenvalue weighted by Gasteiger charge is 2.35. The van der Waals surface area contributed by atoms with Crippen molar-refractivity contribution in [3.05, 3.63) is 118 Å². The maximum Gasteiger partial charge on any atom is 0.270 e. The second-order valence-corrected chi connectivity index (χ2v) is 9.13. The smallest absolute Gasteiger partial charge is 0.270 e. The molecule has 0 unspecified atom stereocenters. The third-order valence-electron chi connectivity index (χ3n) is 5.74. The molecule has 38 heavy (non-hydrogen) atoms. The van der Waals surface area contributed by atoms with E-state index in [0.717, 1.165) is 5.56 Å². The number of nitrogens with zero attached hydrogens (tertiary/aromatic N) is 2. The maximum atomic E-state index is 13.9. The Kier molecular flexibility index (Phi) is 8.07. The van der Waals surface area contributed by atoms with Crippen molar-refractivity contribution in [3.63, 3.8) is 0 Å². The highest BCUT2D eigenvalue weighted by Crippen LogP contribution is 2.30. The van der Waals surface area contributed by atoms with Crippen molar-refractivity contribution in [3.8, 4) is 0 Å². The first kappa shape index (κ1) is 26.4. The van der Waals surface area contributed by atoms with Gasteiger partial charge >= 0.3 is 0 Å². The average molecular weight is 536 g/mol. The van der Waals surface area contributed by atoms with Crippen molar-refractivity contribution in [1.29, 1.82) is 0 Å². The van der Waals surface area contributed by atoms with Crippen LogP contribution in [0.4, 0.5) is 14.5 Å². The fourth-order valence-electron chi connectivity index (χ4n) is 3.83. The molecule has 0 aliphatic heterocycles. The topological polar surface area (TPSA) is 131 Å². The van der Waals surface area contributed by atoms with Crippen LogP contribution in [-0.4, -0.2) is 27.0 Å². The Labute approximate surface area is 221 Å². The zero-order valence-corrected chi connectivity index (χ0v) is 20.8. The van der Waals surface area contributed by atoms with E-state index in [4.69, 9.17) is 11.5 Å². The van der Waals surface area contributed by atoms with E-state index in [0.29, 0.717) is 22.7 Å². The fraction of sp³-hybridized carbons (Fsp3) is 0.111. The molecule has 0 spiro atoms. The standard InChI is InChI=1S/C27H23F2N5O3S/c28-19-10-6-17(7-11-19)15-34(27(37)24-21(30)22(25(31)35)33-38-24)23(18-8-12-20(29)13-9-18)26(36)32-14-16-4-2-1-3-5-16/h1-13,23H,14-15,30H2,(H2,31,35)(H,32,36)/t23-/m0/s1. The van der Waals surface area contributed by atoms with Gasteiger partial charge in [-0.05, 0) is 52.5 Å². The zero-order valence-electron chi connectivity index (χ0n) is 19.9. The summed E-state index contributed by atoms with van der Waals surface area (Å²) in [6.07, 6.45) is 0. The summed E-state index contributed by atoms with van der Waals surface area (Å²) in [6, 6.07) is 18.5. The van der Waals surface area contributed by atoms with E-state index in [-0.39, 0.29) is 29.3 Å². The van der Waals surface area contributed by atoms with Gasteiger partial charge in [0, 0.05) is 13.1 Å². The summed E-state index contributed by atoms with van der Waals surface area (Å²) in [7, 11) is 0. The molecule has 3 aromatic carbocycles. The Bertz CT molecular complexity index is 1440. The molecule has 1 aromatic heterocycles. The van der Waals surface area contributed by atoms with E-state index in [1.54, 1.807) is 0 Å². The van der Waals surface area contributed by atoms with Gasteiger partial charge in [0.15, 0.2) is 5.69 Å². The second-order valence-electron chi connectivity index (χ2n) is 8.36. The lowest BCUT2D eigenvalue weighted by Crippen LogP contribution is -2.43. The third-order valence-corrected chi connectivity index (χ3v) is 6.59. The van der Waals surface area contributed by atoms with Gasteiger partial charge in [-0.2, -0.15) is 4.37 Å². The first-order valence-corrected chi connectivity index (χ1v) is 12.2. The van der Waals surface area contributed by atoms with Gasteiger partial charge < -0.3 is 21.7 Å². The number of primary amides is 1. The van der Waals surface area contributed by atoms with Crippen LogP contribution in [0, 0.1) is 11.6 Å². The van der Waals surface area contributed by atoms with E-state index < -0.39 is 35.4 Å². The van der Waals surface area contributed by atoms with Crippen LogP contribution in [0.2, 0.25) is 0 Å². The van der Waals surface area contributed by atoms with Gasteiger partial charge in [0.1, 0.15) is 22.6 Å². The summed E-state index contributed by atoms with van der Waals surface area (Å²) in [4.78, 5) is 40.3. The molecule has 0 saturated heterocycles. The van der Waals surface area contributed by atoms with Crippen LogP contribution >= 0.6 is 11.5 Å². The number of carbonyl (C=O) groups is 3. The van der Waals surface area contributed by atoms with Crippen LogP contribution in [0.15, 0.2) is 78.9 Å². The van der Waals surface area contributed by atoms with Gasteiger partial charge in [0.05, 0.1) is 5.69 Å². The van der Waals surface area contributed by atoms with E-state index in [1.165, 1.54) is 53.4 Å². The number of aromatic nitrogens is 1. The molecular weight excluding hydrogens is 512 g/mol. The molecule has 4 aromatic rings. The first-order chi connectivity index (χ1) is 18.2. The van der Waals surface area contributed by atoms with Crippen molar-refractivity contribution < 1.29 is 23.2 Å². The number of nitrogens with two attached hydrogens (primary N) is 2. The lowest BCUT2D eigenvalue weighted by Gasteiger charge is -2.31. The van der Waals surface area contributed by atoms with E-state index in [9.17, 15) is 23.2 Å². The fourth-order valence-corrected chi connectivity index (χ4v) is 4.59. The third kappa shape index (κ3) is 6.01. The SMILES string of the molecule is NC(=O)c1nsc(C(=O)N(Cc2ccc(F)cc2)[C@H](C(=O)NCc2ccccc2)c2ccc(F)cc2)c1N. The lowest BCUT2D eigenvalue weighted by molar-refractivity contribution is -0.126. The molecule has 0 bridgehead atoms. The largest absolute Gasteiger partial charge is 0.395 e. The van der Waals surface area contributed by atoms with Crippen LogP contribution in [-0.2, 0) is 17.9 Å². The van der Waals surface area contributed by atoms with E-state index in [2.05, 4.69) is 9.69 Å². The molecule has 0 fully saturated rings. The molecule has 5 N–H and O–H groups in total. The minimum atomic E-state index is -1.24. The molecule has 0 aliphatic carbocycles. The van der Waals surface area contributed by atoms with Crippen molar-refractivity contribution >= 4 is 34.9 Å². The molecule has 1 atom stereocenters. The van der Waals surface area contributed by atoms with Crippen LogP contribution in [0.1, 0.15) is 42.9 Å². The highest BCUT2D eigenvalue weighted by atomic mass is 32.1. The van der Waals surface area contributed by atoms with Gasteiger partial charge in [-0.15, -0.1) is 0 Å². The number of benzene rings is 3. The lowest BCUT2D eigenvalue weighted by atomic mass is 10.0. The molecular formula is C27H23F2N5O3S. The Hall–Kier alpha value is -4.64. The first-order valence-electron chi connectivity index (χ1n) is 11.4. The summed E-state index contributed by atoms with van der Waals surface area (Å²) in [5, 5.41) is 2.83. The molecule has 4 rings (SSSR count). The number of amides is 3. The molecule has 8 nitrogen and oxygen atoms in total. The van der Waals surface area contributed by atoms with Gasteiger partial charge in [-0.25, -0.2) is 8.78 Å². The number of carbonyl (C=O) groups excluding carboxylic acids is 3. The molecule has 0 saturated carbocycles. The van der Waals surface area contributed by atoms with Crippen LogP contribution in [0.5, 0.6) is 0 Å². The predicted octanol–water partition coefficient (Wildman–Crippen LogP) is 3.80. The van der Waals surface area contributed by atoms with Gasteiger partial charge in [0.2, 0.25) is 5.91 Å². The van der Waals surface area contributed by atoms with Crippen LogP contribution in [0.3, 0.4) is 0 Å². The summed E-state index contributed by atoms with van der Waals surface area (Å²) in [6.45, 7) is 0.0353. The average Bonchev–Trinajstić information content (AvgIpc) is 3.31.